The van der Waals surface area contributed by atoms with Crippen LogP contribution in [0, 0.1) is 11.3 Å². The highest BCUT2D eigenvalue weighted by atomic mass is 16.5. The van der Waals surface area contributed by atoms with Crippen LogP contribution in [0.5, 0.6) is 5.75 Å². The molecule has 0 saturated heterocycles. The van der Waals surface area contributed by atoms with Crippen molar-refractivity contribution in [1.82, 2.24) is 5.32 Å². The Morgan fingerprint density at radius 1 is 1.42 bits per heavy atom. The molecule has 1 N–H and O–H groups in total. The van der Waals surface area contributed by atoms with E-state index in [2.05, 4.69) is 12.2 Å². The molecule has 100 valence electrons. The summed E-state index contributed by atoms with van der Waals surface area (Å²) in [5, 5.41) is 11.3. The predicted molar refractivity (Wildman–Crippen MR) is 74.5 cm³/mol. The van der Waals surface area contributed by atoms with Gasteiger partial charge in [0.05, 0.1) is 6.61 Å². The molecule has 0 spiro atoms. The van der Waals surface area contributed by atoms with Crippen LogP contribution in [-0.4, -0.2) is 19.6 Å². The van der Waals surface area contributed by atoms with Gasteiger partial charge in [0.1, 0.15) is 17.4 Å². The van der Waals surface area contributed by atoms with E-state index in [1.165, 1.54) is 7.05 Å². The zero-order valence-corrected chi connectivity index (χ0v) is 11.3. The molecule has 0 radical (unpaired) electrons. The fraction of sp³-hybridized carbons (Fsp3) is 0.333. The maximum atomic E-state index is 11.4. The van der Waals surface area contributed by atoms with Crippen LogP contribution in [0.2, 0.25) is 0 Å². The van der Waals surface area contributed by atoms with E-state index in [1.807, 2.05) is 30.3 Å². The fourth-order valence-electron chi connectivity index (χ4n) is 1.44. The fourth-order valence-corrected chi connectivity index (χ4v) is 1.44. The van der Waals surface area contributed by atoms with Crippen molar-refractivity contribution in [3.05, 3.63) is 35.4 Å². The van der Waals surface area contributed by atoms with Gasteiger partial charge in [-0.2, -0.15) is 5.26 Å². The molecule has 1 aromatic rings. The summed E-state index contributed by atoms with van der Waals surface area (Å²) in [6, 6.07) is 9.18. The van der Waals surface area contributed by atoms with E-state index in [0.29, 0.717) is 6.61 Å². The lowest BCUT2D eigenvalue weighted by atomic mass is 10.1. The highest BCUT2D eigenvalue weighted by Gasteiger charge is 2.05. The van der Waals surface area contributed by atoms with E-state index in [4.69, 9.17) is 10.00 Å². The molecule has 0 fully saturated rings. The van der Waals surface area contributed by atoms with Gasteiger partial charge in [0.15, 0.2) is 0 Å². The van der Waals surface area contributed by atoms with Crippen molar-refractivity contribution in [3.8, 4) is 11.8 Å². The number of nitrogens with zero attached hydrogens (tertiary/aromatic N) is 1. The molecule has 1 amide bonds. The molecule has 1 aromatic carbocycles. The van der Waals surface area contributed by atoms with Crippen molar-refractivity contribution in [2.75, 3.05) is 13.7 Å². The Morgan fingerprint density at radius 3 is 2.63 bits per heavy atom. The zero-order chi connectivity index (χ0) is 14.1. The second-order valence-electron chi connectivity index (χ2n) is 4.02. The van der Waals surface area contributed by atoms with E-state index in [1.54, 1.807) is 6.08 Å². The highest BCUT2D eigenvalue weighted by molar-refractivity contribution is 6.01. The van der Waals surface area contributed by atoms with Gasteiger partial charge in [-0.3, -0.25) is 4.79 Å². The Labute approximate surface area is 113 Å². The van der Waals surface area contributed by atoms with Crippen molar-refractivity contribution in [2.45, 2.75) is 19.8 Å². The van der Waals surface area contributed by atoms with Crippen molar-refractivity contribution < 1.29 is 9.53 Å². The third-order valence-corrected chi connectivity index (χ3v) is 2.55. The quantitative estimate of drug-likeness (QED) is 0.484. The van der Waals surface area contributed by atoms with Gasteiger partial charge in [-0.1, -0.05) is 25.5 Å². The van der Waals surface area contributed by atoms with E-state index >= 15 is 0 Å². The summed E-state index contributed by atoms with van der Waals surface area (Å²) in [4.78, 5) is 11.4. The van der Waals surface area contributed by atoms with Gasteiger partial charge in [0, 0.05) is 7.05 Å². The average Bonchev–Trinajstić information content (AvgIpc) is 2.45. The summed E-state index contributed by atoms with van der Waals surface area (Å²) in [6.45, 7) is 2.81. The molecule has 0 aliphatic carbocycles. The first-order valence-corrected chi connectivity index (χ1v) is 6.28. The minimum Gasteiger partial charge on any atom is -0.494 e. The molecule has 0 saturated carbocycles. The molecule has 0 aliphatic heterocycles. The number of benzene rings is 1. The second-order valence-corrected chi connectivity index (χ2v) is 4.02. The maximum absolute atomic E-state index is 11.4. The van der Waals surface area contributed by atoms with Gasteiger partial charge < -0.3 is 10.1 Å². The van der Waals surface area contributed by atoms with E-state index in [-0.39, 0.29) is 11.5 Å². The van der Waals surface area contributed by atoms with Crippen LogP contribution in [0.25, 0.3) is 6.08 Å². The van der Waals surface area contributed by atoms with Crippen LogP contribution in [-0.2, 0) is 4.79 Å². The van der Waals surface area contributed by atoms with Crippen LogP contribution < -0.4 is 10.1 Å². The van der Waals surface area contributed by atoms with Crippen molar-refractivity contribution >= 4 is 12.0 Å². The molecule has 0 aliphatic rings. The van der Waals surface area contributed by atoms with Crippen molar-refractivity contribution in [2.24, 2.45) is 0 Å². The first kappa shape index (κ1) is 14.8. The Kier molecular flexibility index (Phi) is 6.17. The molecular formula is C15H18N2O2. The number of nitriles is 1. The molecule has 0 bridgehead atoms. The molecule has 1 rings (SSSR count). The maximum Gasteiger partial charge on any atom is 0.261 e. The minimum absolute atomic E-state index is 0.0853. The molecular weight excluding hydrogens is 240 g/mol. The number of carbonyl (C=O) groups excluding carboxylic acids is 1. The zero-order valence-electron chi connectivity index (χ0n) is 11.3. The van der Waals surface area contributed by atoms with Gasteiger partial charge in [-0.05, 0) is 30.2 Å². The third-order valence-electron chi connectivity index (χ3n) is 2.55. The van der Waals surface area contributed by atoms with Crippen LogP contribution >= 0.6 is 0 Å². The first-order valence-electron chi connectivity index (χ1n) is 6.28. The topological polar surface area (TPSA) is 62.1 Å². The minimum atomic E-state index is -0.384. The van der Waals surface area contributed by atoms with E-state index < -0.39 is 0 Å². The van der Waals surface area contributed by atoms with Gasteiger partial charge in [0.25, 0.3) is 5.91 Å². The molecule has 0 aromatic heterocycles. The van der Waals surface area contributed by atoms with Gasteiger partial charge in [0.2, 0.25) is 0 Å². The molecule has 4 nitrogen and oxygen atoms in total. The van der Waals surface area contributed by atoms with E-state index in [9.17, 15) is 4.79 Å². The highest BCUT2D eigenvalue weighted by Crippen LogP contribution is 2.15. The molecule has 0 unspecified atom stereocenters. The summed E-state index contributed by atoms with van der Waals surface area (Å²) >= 11 is 0. The largest absolute Gasteiger partial charge is 0.494 e. The summed E-state index contributed by atoms with van der Waals surface area (Å²) in [7, 11) is 1.50. The number of hydrogen-bond acceptors (Lipinski definition) is 3. The van der Waals surface area contributed by atoms with Crippen LogP contribution in [0.3, 0.4) is 0 Å². The lowest BCUT2D eigenvalue weighted by Crippen LogP contribution is -2.19. The normalized spacial score (nSPS) is 10.7. The summed E-state index contributed by atoms with van der Waals surface area (Å²) in [5.41, 5.74) is 0.880. The average molecular weight is 258 g/mol. The van der Waals surface area contributed by atoms with Crippen molar-refractivity contribution in [3.63, 3.8) is 0 Å². The Bertz CT molecular complexity index is 484. The Hall–Kier alpha value is -2.28. The SMILES string of the molecule is CCCCOc1ccc(/C=C(\C#N)C(=O)NC)cc1. The van der Waals surface area contributed by atoms with Crippen LogP contribution in [0.4, 0.5) is 0 Å². The summed E-state index contributed by atoms with van der Waals surface area (Å²) in [6.07, 6.45) is 3.67. The Balaban J connectivity index is 2.73. The standard InChI is InChI=1S/C15H18N2O2/c1-3-4-9-19-14-7-5-12(6-8-14)10-13(11-16)15(18)17-2/h5-8,10H,3-4,9H2,1-2H3,(H,17,18)/b13-10+. The smallest absolute Gasteiger partial charge is 0.261 e. The number of carbonyl (C=O) groups is 1. The number of hydrogen-bond donors (Lipinski definition) is 1. The number of unbranched alkanes of at least 4 members (excludes halogenated alkanes) is 1. The second kappa shape index (κ2) is 7.93. The van der Waals surface area contributed by atoms with Crippen molar-refractivity contribution in [1.29, 1.82) is 5.26 Å². The summed E-state index contributed by atoms with van der Waals surface area (Å²) in [5.74, 6) is 0.412. The van der Waals surface area contributed by atoms with Gasteiger partial charge >= 0.3 is 0 Å². The predicted octanol–water partition coefficient (Wildman–Crippen LogP) is 2.52. The molecule has 19 heavy (non-hydrogen) atoms. The lowest BCUT2D eigenvalue weighted by molar-refractivity contribution is -0.116. The Morgan fingerprint density at radius 2 is 2.11 bits per heavy atom. The number of rotatable bonds is 6. The summed E-state index contributed by atoms with van der Waals surface area (Å²) < 4.78 is 5.54. The monoisotopic (exact) mass is 258 g/mol. The van der Waals surface area contributed by atoms with Gasteiger partial charge in [-0.15, -0.1) is 0 Å². The third kappa shape index (κ3) is 4.84. The molecule has 0 atom stereocenters. The number of ether oxygens (including phenoxy) is 1. The van der Waals surface area contributed by atoms with Crippen LogP contribution in [0.1, 0.15) is 25.3 Å². The number of likely N-dealkylation sites (N-methyl/N-ethyl adjacent to an activating group) is 1. The number of amides is 1. The van der Waals surface area contributed by atoms with Crippen LogP contribution in [0.15, 0.2) is 29.8 Å². The first-order chi connectivity index (χ1) is 9.21. The molecule has 4 heteroatoms. The number of nitrogens with one attached hydrogen (secondary N) is 1. The van der Waals surface area contributed by atoms with Gasteiger partial charge in [-0.25, -0.2) is 0 Å². The van der Waals surface area contributed by atoms with E-state index in [0.717, 1.165) is 24.2 Å². The lowest BCUT2D eigenvalue weighted by Gasteiger charge is -2.05. The molecule has 0 heterocycles.